The molecule has 0 radical (unpaired) electrons. The lowest BCUT2D eigenvalue weighted by molar-refractivity contribution is 0.502. The fourth-order valence-corrected chi connectivity index (χ4v) is 2.63. The van der Waals surface area contributed by atoms with E-state index in [4.69, 9.17) is 5.73 Å². The fraction of sp³-hybridized carbons (Fsp3) is 0.667. The van der Waals surface area contributed by atoms with Gasteiger partial charge in [-0.2, -0.15) is 0 Å². The van der Waals surface area contributed by atoms with Crippen LogP contribution in [0, 0.1) is 5.92 Å². The molecule has 94 valence electrons. The molecule has 3 N–H and O–H groups in total. The molecular formula is C12H19BrN4. The molecule has 0 aliphatic heterocycles. The Morgan fingerprint density at radius 1 is 1.29 bits per heavy atom. The van der Waals surface area contributed by atoms with Crippen LogP contribution in [-0.2, 0) is 0 Å². The summed E-state index contributed by atoms with van der Waals surface area (Å²) in [5.41, 5.74) is 5.74. The van der Waals surface area contributed by atoms with E-state index < -0.39 is 0 Å². The van der Waals surface area contributed by atoms with E-state index in [0.717, 1.165) is 16.2 Å². The van der Waals surface area contributed by atoms with Crippen LogP contribution in [0.5, 0.6) is 0 Å². The molecule has 1 aromatic rings. The van der Waals surface area contributed by atoms with Crippen LogP contribution in [-0.4, -0.2) is 16.0 Å². The minimum Gasteiger partial charge on any atom is -0.383 e. The maximum Gasteiger partial charge on any atom is 0.146 e. The number of hydrogen-bond acceptors (Lipinski definition) is 4. The lowest BCUT2D eigenvalue weighted by Gasteiger charge is -2.18. The van der Waals surface area contributed by atoms with Gasteiger partial charge in [0.05, 0.1) is 0 Å². The van der Waals surface area contributed by atoms with Gasteiger partial charge in [0, 0.05) is 6.04 Å². The molecule has 0 aromatic carbocycles. The number of nitrogens with zero attached hydrogens (tertiary/aromatic N) is 2. The Morgan fingerprint density at radius 3 is 2.94 bits per heavy atom. The molecule has 2 unspecified atom stereocenters. The van der Waals surface area contributed by atoms with Crippen LogP contribution in [0.15, 0.2) is 10.8 Å². The zero-order chi connectivity index (χ0) is 12.3. The van der Waals surface area contributed by atoms with E-state index in [1.165, 1.54) is 38.4 Å². The largest absolute Gasteiger partial charge is 0.383 e. The van der Waals surface area contributed by atoms with Gasteiger partial charge in [-0.25, -0.2) is 9.97 Å². The Morgan fingerprint density at radius 2 is 2.12 bits per heavy atom. The Kier molecular flexibility index (Phi) is 4.20. The van der Waals surface area contributed by atoms with Crippen molar-refractivity contribution >= 4 is 27.6 Å². The summed E-state index contributed by atoms with van der Waals surface area (Å²) >= 11 is 3.43. The molecule has 1 aliphatic rings. The first-order chi connectivity index (χ1) is 8.16. The third-order valence-corrected chi connectivity index (χ3v) is 4.20. The number of rotatable bonds is 2. The van der Waals surface area contributed by atoms with Crippen molar-refractivity contribution in [1.82, 2.24) is 9.97 Å². The molecule has 1 saturated carbocycles. The predicted octanol–water partition coefficient (Wildman–Crippen LogP) is 3.20. The maximum absolute atomic E-state index is 5.74. The van der Waals surface area contributed by atoms with Crippen molar-refractivity contribution in [2.45, 2.75) is 45.1 Å². The van der Waals surface area contributed by atoms with E-state index in [1.54, 1.807) is 0 Å². The van der Waals surface area contributed by atoms with Gasteiger partial charge in [-0.15, -0.1) is 0 Å². The molecule has 1 heterocycles. The number of anilines is 2. The summed E-state index contributed by atoms with van der Waals surface area (Å²) in [5.74, 6) is 2.15. The predicted molar refractivity (Wildman–Crippen MR) is 73.8 cm³/mol. The Hall–Kier alpha value is -0.840. The zero-order valence-corrected chi connectivity index (χ0v) is 11.7. The van der Waals surface area contributed by atoms with Crippen molar-refractivity contribution in [1.29, 1.82) is 0 Å². The standard InChI is InChI=1S/C12H19BrN4/c1-8-3-2-4-9(6-5-8)17-12-10(13)11(14)15-7-16-12/h7-9H,2-6H2,1H3,(H3,14,15,16,17). The van der Waals surface area contributed by atoms with Gasteiger partial charge in [0.1, 0.15) is 22.4 Å². The highest BCUT2D eigenvalue weighted by Gasteiger charge is 2.17. The molecule has 17 heavy (non-hydrogen) atoms. The van der Waals surface area contributed by atoms with E-state index >= 15 is 0 Å². The highest BCUT2D eigenvalue weighted by molar-refractivity contribution is 9.10. The Labute approximate surface area is 111 Å². The number of nitrogens with two attached hydrogens (primary N) is 1. The molecule has 4 nitrogen and oxygen atoms in total. The molecular weight excluding hydrogens is 280 g/mol. The van der Waals surface area contributed by atoms with E-state index in [-0.39, 0.29) is 0 Å². The van der Waals surface area contributed by atoms with Gasteiger partial charge in [0.25, 0.3) is 0 Å². The summed E-state index contributed by atoms with van der Waals surface area (Å²) in [7, 11) is 0. The van der Waals surface area contributed by atoms with Crippen molar-refractivity contribution in [2.75, 3.05) is 11.1 Å². The molecule has 2 rings (SSSR count). The minimum absolute atomic E-state index is 0.490. The van der Waals surface area contributed by atoms with Crippen molar-refractivity contribution in [2.24, 2.45) is 5.92 Å². The summed E-state index contributed by atoms with van der Waals surface area (Å²) in [6.07, 6.45) is 7.83. The van der Waals surface area contributed by atoms with E-state index in [1.807, 2.05) is 0 Å². The van der Waals surface area contributed by atoms with Crippen molar-refractivity contribution in [3.63, 3.8) is 0 Å². The lowest BCUT2D eigenvalue weighted by Crippen LogP contribution is -2.20. The Bertz CT molecular complexity index is 383. The monoisotopic (exact) mass is 298 g/mol. The molecule has 0 saturated heterocycles. The zero-order valence-electron chi connectivity index (χ0n) is 10.1. The molecule has 0 spiro atoms. The van der Waals surface area contributed by atoms with Crippen LogP contribution in [0.3, 0.4) is 0 Å². The van der Waals surface area contributed by atoms with Crippen LogP contribution < -0.4 is 11.1 Å². The van der Waals surface area contributed by atoms with Crippen molar-refractivity contribution in [3.8, 4) is 0 Å². The fourth-order valence-electron chi connectivity index (χ4n) is 2.31. The van der Waals surface area contributed by atoms with Gasteiger partial charge in [-0.05, 0) is 41.1 Å². The van der Waals surface area contributed by atoms with Gasteiger partial charge >= 0.3 is 0 Å². The molecule has 2 atom stereocenters. The van der Waals surface area contributed by atoms with Crippen molar-refractivity contribution < 1.29 is 0 Å². The Balaban J connectivity index is 2.02. The van der Waals surface area contributed by atoms with Gasteiger partial charge in [0.15, 0.2) is 0 Å². The topological polar surface area (TPSA) is 63.8 Å². The molecule has 5 heteroatoms. The van der Waals surface area contributed by atoms with E-state index in [2.05, 4.69) is 38.1 Å². The van der Waals surface area contributed by atoms with Crippen LogP contribution in [0.2, 0.25) is 0 Å². The summed E-state index contributed by atoms with van der Waals surface area (Å²) in [4.78, 5) is 8.18. The highest BCUT2D eigenvalue weighted by atomic mass is 79.9. The smallest absolute Gasteiger partial charge is 0.146 e. The summed E-state index contributed by atoms with van der Waals surface area (Å²) in [6.45, 7) is 2.33. The first-order valence-electron chi connectivity index (χ1n) is 6.19. The van der Waals surface area contributed by atoms with Gasteiger partial charge in [0.2, 0.25) is 0 Å². The van der Waals surface area contributed by atoms with Crippen molar-refractivity contribution in [3.05, 3.63) is 10.8 Å². The molecule has 0 amide bonds. The third kappa shape index (κ3) is 3.31. The molecule has 1 aliphatic carbocycles. The average molecular weight is 299 g/mol. The van der Waals surface area contributed by atoms with Crippen LogP contribution in [0.25, 0.3) is 0 Å². The summed E-state index contributed by atoms with van der Waals surface area (Å²) < 4.78 is 0.775. The number of halogens is 1. The minimum atomic E-state index is 0.490. The summed E-state index contributed by atoms with van der Waals surface area (Å²) in [6, 6.07) is 0.505. The van der Waals surface area contributed by atoms with E-state index in [0.29, 0.717) is 11.9 Å². The second-order valence-electron chi connectivity index (χ2n) is 4.88. The van der Waals surface area contributed by atoms with Crippen LogP contribution >= 0.6 is 15.9 Å². The lowest BCUT2D eigenvalue weighted by atomic mass is 10.0. The maximum atomic E-state index is 5.74. The van der Waals surface area contributed by atoms with E-state index in [9.17, 15) is 0 Å². The molecule has 0 bridgehead atoms. The van der Waals surface area contributed by atoms with Gasteiger partial charge in [-0.3, -0.25) is 0 Å². The SMILES string of the molecule is CC1CCCC(Nc2ncnc(N)c2Br)CC1. The second-order valence-corrected chi connectivity index (χ2v) is 5.67. The first-order valence-corrected chi connectivity index (χ1v) is 6.98. The van der Waals surface area contributed by atoms with Gasteiger partial charge in [-0.1, -0.05) is 19.8 Å². The highest BCUT2D eigenvalue weighted by Crippen LogP contribution is 2.28. The summed E-state index contributed by atoms with van der Waals surface area (Å²) in [5, 5.41) is 3.47. The molecule has 1 aromatic heterocycles. The van der Waals surface area contributed by atoms with Crippen LogP contribution in [0.4, 0.5) is 11.6 Å². The second kappa shape index (κ2) is 5.67. The first kappa shape index (κ1) is 12.6. The quantitative estimate of drug-likeness (QED) is 0.823. The molecule has 1 fully saturated rings. The third-order valence-electron chi connectivity index (χ3n) is 3.41. The number of nitrogens with one attached hydrogen (secondary N) is 1. The number of hydrogen-bond donors (Lipinski definition) is 2. The number of aromatic nitrogens is 2. The van der Waals surface area contributed by atoms with Crippen LogP contribution in [0.1, 0.15) is 39.0 Å². The average Bonchev–Trinajstić information content (AvgIpc) is 2.50. The normalized spacial score (nSPS) is 25.3. The number of nitrogen functional groups attached to an aromatic ring is 1. The van der Waals surface area contributed by atoms with Gasteiger partial charge < -0.3 is 11.1 Å².